The van der Waals surface area contributed by atoms with Gasteiger partial charge in [0.1, 0.15) is 5.82 Å². The van der Waals surface area contributed by atoms with E-state index in [0.29, 0.717) is 22.5 Å². The van der Waals surface area contributed by atoms with Gasteiger partial charge < -0.3 is 10.6 Å². The predicted octanol–water partition coefficient (Wildman–Crippen LogP) is 3.01. The summed E-state index contributed by atoms with van der Waals surface area (Å²) in [6.07, 6.45) is 0. The molecule has 3 nitrogen and oxygen atoms in total. The molecule has 1 aromatic carbocycles. The molecule has 0 bridgehead atoms. The van der Waals surface area contributed by atoms with E-state index < -0.39 is 0 Å². The summed E-state index contributed by atoms with van der Waals surface area (Å²) in [5.74, 6) is 0.0697. The Hall–Kier alpha value is -0.940. The maximum Gasteiger partial charge on any atom is 0.233 e. The highest BCUT2D eigenvalue weighted by Crippen LogP contribution is 2.20. The van der Waals surface area contributed by atoms with Gasteiger partial charge in [0.05, 0.1) is 6.54 Å². The van der Waals surface area contributed by atoms with Crippen LogP contribution in [0.3, 0.4) is 0 Å². The molecule has 0 aliphatic heterocycles. The summed E-state index contributed by atoms with van der Waals surface area (Å²) in [6.45, 7) is 6.74. The van der Waals surface area contributed by atoms with Crippen molar-refractivity contribution in [1.29, 1.82) is 0 Å². The van der Waals surface area contributed by atoms with Gasteiger partial charge in [-0.1, -0.05) is 35.8 Å². The first-order chi connectivity index (χ1) is 8.90. The van der Waals surface area contributed by atoms with Gasteiger partial charge in [-0.25, -0.2) is 4.39 Å². The van der Waals surface area contributed by atoms with Crippen LogP contribution in [0.5, 0.6) is 0 Å². The van der Waals surface area contributed by atoms with Gasteiger partial charge in [-0.2, -0.15) is 0 Å². The third-order valence-corrected chi connectivity index (χ3v) is 3.20. The van der Waals surface area contributed by atoms with Crippen LogP contribution in [-0.2, 0) is 4.79 Å². The van der Waals surface area contributed by atoms with Gasteiger partial charge in [0.15, 0.2) is 0 Å². The minimum absolute atomic E-state index is 0.0712. The van der Waals surface area contributed by atoms with Gasteiger partial charge in [0.25, 0.3) is 0 Å². The average molecular weight is 331 g/mol. The van der Waals surface area contributed by atoms with Gasteiger partial charge >= 0.3 is 0 Å². The summed E-state index contributed by atoms with van der Waals surface area (Å²) in [5, 5.41) is 5.83. The lowest BCUT2D eigenvalue weighted by Crippen LogP contribution is -2.36. The molecule has 5 heteroatoms. The molecule has 0 fully saturated rings. The SMILES string of the molecule is CC(C)CNC(=O)CNC(C)c1ccc(Br)cc1F. The van der Waals surface area contributed by atoms with Crippen LogP contribution in [0.15, 0.2) is 22.7 Å². The van der Waals surface area contributed by atoms with Gasteiger partial charge in [0.2, 0.25) is 5.91 Å². The molecular formula is C14H20BrFN2O. The molecule has 19 heavy (non-hydrogen) atoms. The van der Waals surface area contributed by atoms with Crippen LogP contribution in [-0.4, -0.2) is 19.0 Å². The Morgan fingerprint density at radius 3 is 2.63 bits per heavy atom. The zero-order valence-electron chi connectivity index (χ0n) is 11.5. The lowest BCUT2D eigenvalue weighted by atomic mass is 10.1. The minimum atomic E-state index is -0.281. The lowest BCUT2D eigenvalue weighted by Gasteiger charge is -2.15. The average Bonchev–Trinajstić information content (AvgIpc) is 2.33. The van der Waals surface area contributed by atoms with E-state index in [4.69, 9.17) is 0 Å². The molecular weight excluding hydrogens is 311 g/mol. The fourth-order valence-electron chi connectivity index (χ4n) is 1.59. The summed E-state index contributed by atoms with van der Waals surface area (Å²) < 4.78 is 14.4. The second kappa shape index (κ2) is 7.60. The van der Waals surface area contributed by atoms with E-state index in [1.165, 1.54) is 6.07 Å². The Bertz CT molecular complexity index is 437. The highest BCUT2D eigenvalue weighted by atomic mass is 79.9. The van der Waals surface area contributed by atoms with E-state index in [0.717, 1.165) is 0 Å². The van der Waals surface area contributed by atoms with Crippen molar-refractivity contribution in [3.8, 4) is 0 Å². The summed E-state index contributed by atoms with van der Waals surface area (Å²) in [6, 6.07) is 4.71. The second-order valence-corrected chi connectivity index (χ2v) is 5.88. The van der Waals surface area contributed by atoms with Crippen molar-refractivity contribution >= 4 is 21.8 Å². The molecule has 1 unspecified atom stereocenters. The van der Waals surface area contributed by atoms with E-state index in [1.54, 1.807) is 12.1 Å². The molecule has 0 saturated carbocycles. The monoisotopic (exact) mass is 330 g/mol. The number of benzene rings is 1. The molecule has 0 saturated heterocycles. The molecule has 1 amide bonds. The molecule has 0 aromatic heterocycles. The first-order valence-corrected chi connectivity index (χ1v) is 7.14. The van der Waals surface area contributed by atoms with Gasteiger partial charge in [0, 0.05) is 22.6 Å². The maximum absolute atomic E-state index is 13.7. The van der Waals surface area contributed by atoms with E-state index in [-0.39, 0.29) is 24.3 Å². The van der Waals surface area contributed by atoms with Crippen molar-refractivity contribution in [3.63, 3.8) is 0 Å². The van der Waals surface area contributed by atoms with Crippen molar-refractivity contribution < 1.29 is 9.18 Å². The number of nitrogens with one attached hydrogen (secondary N) is 2. The van der Waals surface area contributed by atoms with E-state index in [1.807, 2.05) is 20.8 Å². The number of hydrogen-bond donors (Lipinski definition) is 2. The van der Waals surface area contributed by atoms with Crippen molar-refractivity contribution in [2.45, 2.75) is 26.8 Å². The van der Waals surface area contributed by atoms with Crippen molar-refractivity contribution in [2.75, 3.05) is 13.1 Å². The number of carbonyl (C=O) groups is 1. The fraction of sp³-hybridized carbons (Fsp3) is 0.500. The summed E-state index contributed by atoms with van der Waals surface area (Å²) in [5.41, 5.74) is 0.555. The second-order valence-electron chi connectivity index (χ2n) is 4.97. The molecule has 0 aliphatic carbocycles. The molecule has 106 valence electrons. The fourth-order valence-corrected chi connectivity index (χ4v) is 1.92. The number of rotatable bonds is 6. The molecule has 1 rings (SSSR count). The largest absolute Gasteiger partial charge is 0.355 e. The molecule has 2 N–H and O–H groups in total. The first-order valence-electron chi connectivity index (χ1n) is 6.35. The van der Waals surface area contributed by atoms with Crippen LogP contribution in [0.2, 0.25) is 0 Å². The molecule has 0 aliphatic rings. The highest BCUT2D eigenvalue weighted by Gasteiger charge is 2.12. The Kier molecular flexibility index (Phi) is 6.45. The predicted molar refractivity (Wildman–Crippen MR) is 78.4 cm³/mol. The molecule has 1 aromatic rings. The Morgan fingerprint density at radius 1 is 1.37 bits per heavy atom. The highest BCUT2D eigenvalue weighted by molar-refractivity contribution is 9.10. The number of carbonyl (C=O) groups excluding carboxylic acids is 1. The summed E-state index contributed by atoms with van der Waals surface area (Å²) >= 11 is 3.22. The molecule has 0 heterocycles. The normalized spacial score (nSPS) is 12.5. The minimum Gasteiger partial charge on any atom is -0.355 e. The molecule has 0 spiro atoms. The van der Waals surface area contributed by atoms with Crippen molar-refractivity contribution in [2.24, 2.45) is 5.92 Å². The maximum atomic E-state index is 13.7. The van der Waals surface area contributed by atoms with Gasteiger partial charge in [-0.3, -0.25) is 4.79 Å². The number of amides is 1. The van der Waals surface area contributed by atoms with Gasteiger partial charge in [-0.05, 0) is 25.0 Å². The zero-order valence-corrected chi connectivity index (χ0v) is 13.1. The van der Waals surface area contributed by atoms with Crippen molar-refractivity contribution in [1.82, 2.24) is 10.6 Å². The van der Waals surface area contributed by atoms with Crippen LogP contribution >= 0.6 is 15.9 Å². The Labute approximate surface area is 122 Å². The molecule has 1 atom stereocenters. The number of hydrogen-bond acceptors (Lipinski definition) is 2. The van der Waals surface area contributed by atoms with Gasteiger partial charge in [-0.15, -0.1) is 0 Å². The third-order valence-electron chi connectivity index (χ3n) is 2.71. The zero-order chi connectivity index (χ0) is 14.4. The topological polar surface area (TPSA) is 41.1 Å². The Balaban J connectivity index is 2.46. The van der Waals surface area contributed by atoms with Crippen LogP contribution in [0.25, 0.3) is 0 Å². The smallest absolute Gasteiger partial charge is 0.233 e. The standard InChI is InChI=1S/C14H20BrFN2O/c1-9(2)7-18-14(19)8-17-10(3)12-5-4-11(15)6-13(12)16/h4-6,9-10,17H,7-8H2,1-3H3,(H,18,19). The van der Waals surface area contributed by atoms with Crippen LogP contribution in [0.4, 0.5) is 4.39 Å². The van der Waals surface area contributed by atoms with Crippen LogP contribution in [0.1, 0.15) is 32.4 Å². The number of halogens is 2. The summed E-state index contributed by atoms with van der Waals surface area (Å²) in [7, 11) is 0. The first kappa shape index (κ1) is 16.1. The van der Waals surface area contributed by atoms with Crippen LogP contribution in [0, 0.1) is 11.7 Å². The summed E-state index contributed by atoms with van der Waals surface area (Å²) in [4.78, 5) is 11.5. The third kappa shape index (κ3) is 5.70. The van der Waals surface area contributed by atoms with E-state index >= 15 is 0 Å². The van der Waals surface area contributed by atoms with E-state index in [2.05, 4.69) is 26.6 Å². The van der Waals surface area contributed by atoms with Crippen molar-refractivity contribution in [3.05, 3.63) is 34.1 Å². The lowest BCUT2D eigenvalue weighted by molar-refractivity contribution is -0.120. The molecule has 0 radical (unpaired) electrons. The Morgan fingerprint density at radius 2 is 2.05 bits per heavy atom. The van der Waals surface area contributed by atoms with Crippen LogP contribution < -0.4 is 10.6 Å². The van der Waals surface area contributed by atoms with E-state index in [9.17, 15) is 9.18 Å². The quantitative estimate of drug-likeness (QED) is 0.841.